The first-order valence-corrected chi connectivity index (χ1v) is 10.3. The van der Waals surface area contributed by atoms with Crippen LogP contribution in [0, 0.1) is 0 Å². The van der Waals surface area contributed by atoms with E-state index in [0.717, 1.165) is 26.3 Å². The summed E-state index contributed by atoms with van der Waals surface area (Å²) in [7, 11) is 1.61. The van der Waals surface area contributed by atoms with Crippen LogP contribution in [0.4, 0.5) is 4.79 Å². The topological polar surface area (TPSA) is 87.7 Å². The molecule has 0 aliphatic carbocycles. The zero-order valence-corrected chi connectivity index (χ0v) is 17.4. The van der Waals surface area contributed by atoms with Crippen molar-refractivity contribution in [2.45, 2.75) is 19.0 Å². The summed E-state index contributed by atoms with van der Waals surface area (Å²) in [4.78, 5) is 39.8. The highest BCUT2D eigenvalue weighted by Crippen LogP contribution is 2.32. The highest BCUT2D eigenvalue weighted by atomic mass is 32.1. The molecule has 4 rings (SSSR count). The van der Waals surface area contributed by atoms with Crippen LogP contribution in [0.25, 0.3) is 10.8 Å². The number of carbonyl (C=O) groups is 3. The van der Waals surface area contributed by atoms with Gasteiger partial charge in [0.05, 0.1) is 13.7 Å². The van der Waals surface area contributed by atoms with Crippen LogP contribution in [-0.2, 0) is 21.7 Å². The fourth-order valence-electron chi connectivity index (χ4n) is 3.50. The van der Waals surface area contributed by atoms with E-state index in [9.17, 15) is 14.4 Å². The summed E-state index contributed by atoms with van der Waals surface area (Å²) in [5.41, 5.74) is -0.584. The second-order valence-corrected chi connectivity index (χ2v) is 8.26. The van der Waals surface area contributed by atoms with Crippen molar-refractivity contribution in [3.63, 3.8) is 0 Å². The molecule has 4 amide bonds. The fourth-order valence-corrected chi connectivity index (χ4v) is 4.14. The van der Waals surface area contributed by atoms with Crippen LogP contribution in [0.15, 0.2) is 53.9 Å². The Morgan fingerprint density at radius 3 is 2.67 bits per heavy atom. The molecule has 154 valence electrons. The predicted molar refractivity (Wildman–Crippen MR) is 114 cm³/mol. The molecule has 1 aliphatic heterocycles. The number of fused-ring (bicyclic) bond motifs is 1. The van der Waals surface area contributed by atoms with Gasteiger partial charge in [-0.2, -0.15) is 0 Å². The Morgan fingerprint density at radius 2 is 1.93 bits per heavy atom. The van der Waals surface area contributed by atoms with Crippen molar-refractivity contribution in [1.29, 1.82) is 0 Å². The van der Waals surface area contributed by atoms with Crippen molar-refractivity contribution in [1.82, 2.24) is 15.5 Å². The van der Waals surface area contributed by atoms with Crippen LogP contribution >= 0.6 is 11.3 Å². The Kier molecular flexibility index (Phi) is 5.17. The molecule has 2 heterocycles. The predicted octanol–water partition coefficient (Wildman–Crippen LogP) is 2.99. The third kappa shape index (κ3) is 3.61. The summed E-state index contributed by atoms with van der Waals surface area (Å²) in [5.74, 6) is -0.0974. The van der Waals surface area contributed by atoms with Crippen LogP contribution in [0.3, 0.4) is 0 Å². The van der Waals surface area contributed by atoms with E-state index in [-0.39, 0.29) is 12.5 Å². The van der Waals surface area contributed by atoms with E-state index in [4.69, 9.17) is 4.74 Å². The molecule has 1 aliphatic rings. The zero-order chi connectivity index (χ0) is 21.3. The third-order valence-electron chi connectivity index (χ3n) is 5.24. The van der Waals surface area contributed by atoms with Crippen molar-refractivity contribution in [3.05, 3.63) is 64.4 Å². The Labute approximate surface area is 177 Å². The molecule has 0 radical (unpaired) electrons. The normalized spacial score (nSPS) is 18.5. The molecular weight excluding hydrogens is 402 g/mol. The lowest BCUT2D eigenvalue weighted by atomic mass is 9.90. The maximum atomic E-state index is 13.1. The fraction of sp³-hybridized carbons (Fsp3) is 0.227. The summed E-state index contributed by atoms with van der Waals surface area (Å²) in [6.07, 6.45) is 0. The molecule has 0 bridgehead atoms. The number of hydrogen-bond acceptors (Lipinski definition) is 5. The number of methoxy groups -OCH3 is 1. The number of hydrogen-bond donors (Lipinski definition) is 2. The van der Waals surface area contributed by atoms with Gasteiger partial charge in [0.25, 0.3) is 5.91 Å². The summed E-state index contributed by atoms with van der Waals surface area (Å²) < 4.78 is 5.24. The highest BCUT2D eigenvalue weighted by molar-refractivity contribution is 7.09. The van der Waals surface area contributed by atoms with Crippen molar-refractivity contribution in [3.8, 4) is 5.75 Å². The molecule has 0 saturated carbocycles. The second kappa shape index (κ2) is 7.79. The molecule has 0 spiro atoms. The first kappa shape index (κ1) is 19.9. The molecule has 2 N–H and O–H groups in total. The third-order valence-corrected chi connectivity index (χ3v) is 6.12. The molecule has 1 unspecified atom stereocenters. The van der Waals surface area contributed by atoms with Crippen molar-refractivity contribution in [2.24, 2.45) is 0 Å². The van der Waals surface area contributed by atoms with Gasteiger partial charge in [0.2, 0.25) is 5.91 Å². The minimum atomic E-state index is -1.24. The average Bonchev–Trinajstić information content (AvgIpc) is 3.34. The van der Waals surface area contributed by atoms with Crippen LogP contribution in [0.2, 0.25) is 0 Å². The summed E-state index contributed by atoms with van der Waals surface area (Å²) in [5, 5.41) is 9.29. The first-order chi connectivity index (χ1) is 14.4. The lowest BCUT2D eigenvalue weighted by Gasteiger charge is -2.22. The van der Waals surface area contributed by atoms with Crippen molar-refractivity contribution in [2.75, 3.05) is 13.7 Å². The van der Waals surface area contributed by atoms with E-state index in [2.05, 4.69) is 10.6 Å². The van der Waals surface area contributed by atoms with E-state index in [1.54, 1.807) is 20.1 Å². The van der Waals surface area contributed by atoms with Crippen LogP contribution < -0.4 is 15.4 Å². The standard InChI is InChI=1S/C22H21N3O4S/c1-22(16-7-5-15-11-17(29-2)8-6-14(15)10-16)20(27)25(21(28)24-22)13-19(26)23-12-18-4-3-9-30-18/h3-11H,12-13H2,1-2H3,(H,23,26)(H,24,28). The summed E-state index contributed by atoms with van der Waals surface area (Å²) >= 11 is 1.53. The van der Waals surface area contributed by atoms with Crippen LogP contribution in [0.5, 0.6) is 5.75 Å². The molecule has 8 heteroatoms. The van der Waals surface area contributed by atoms with Gasteiger partial charge in [0.15, 0.2) is 0 Å². The number of urea groups is 1. The lowest BCUT2D eigenvalue weighted by molar-refractivity contribution is -0.134. The monoisotopic (exact) mass is 423 g/mol. The van der Waals surface area contributed by atoms with Gasteiger partial charge in [0.1, 0.15) is 17.8 Å². The van der Waals surface area contributed by atoms with E-state index < -0.39 is 17.5 Å². The number of nitrogens with zero attached hydrogens (tertiary/aromatic N) is 1. The Bertz CT molecular complexity index is 1130. The molecule has 1 aromatic heterocycles. The molecule has 7 nitrogen and oxygen atoms in total. The quantitative estimate of drug-likeness (QED) is 0.597. The Morgan fingerprint density at radius 1 is 1.17 bits per heavy atom. The molecule has 1 fully saturated rings. The van der Waals surface area contributed by atoms with E-state index in [1.165, 1.54) is 11.3 Å². The molecule has 2 aromatic carbocycles. The van der Waals surface area contributed by atoms with Crippen LogP contribution in [0.1, 0.15) is 17.4 Å². The van der Waals surface area contributed by atoms with Gasteiger partial charge < -0.3 is 15.4 Å². The number of thiophene rings is 1. The number of carbonyl (C=O) groups excluding carboxylic acids is 3. The number of benzene rings is 2. The Balaban J connectivity index is 1.51. The maximum absolute atomic E-state index is 13.1. The SMILES string of the molecule is COc1ccc2cc(C3(C)NC(=O)N(CC(=O)NCc4cccs4)C3=O)ccc2c1. The maximum Gasteiger partial charge on any atom is 0.325 e. The van der Waals surface area contributed by atoms with Gasteiger partial charge in [-0.05, 0) is 52.9 Å². The van der Waals surface area contributed by atoms with Gasteiger partial charge >= 0.3 is 6.03 Å². The van der Waals surface area contributed by atoms with E-state index in [0.29, 0.717) is 12.1 Å². The van der Waals surface area contributed by atoms with E-state index >= 15 is 0 Å². The molecule has 3 aromatic rings. The number of amides is 4. The summed E-state index contributed by atoms with van der Waals surface area (Å²) in [6, 6.07) is 14.4. The minimum absolute atomic E-state index is 0.323. The second-order valence-electron chi connectivity index (χ2n) is 7.23. The van der Waals surface area contributed by atoms with Gasteiger partial charge in [0, 0.05) is 4.88 Å². The van der Waals surface area contributed by atoms with Crippen molar-refractivity contribution >= 4 is 40.0 Å². The zero-order valence-electron chi connectivity index (χ0n) is 16.6. The number of imide groups is 1. The Hall–Kier alpha value is -3.39. The lowest BCUT2D eigenvalue weighted by Crippen LogP contribution is -2.43. The largest absolute Gasteiger partial charge is 0.497 e. The van der Waals surface area contributed by atoms with Crippen molar-refractivity contribution < 1.29 is 19.1 Å². The van der Waals surface area contributed by atoms with Crippen LogP contribution in [-0.4, -0.2) is 36.4 Å². The molecule has 30 heavy (non-hydrogen) atoms. The molecular formula is C22H21N3O4S. The van der Waals surface area contributed by atoms with Gasteiger partial charge in [-0.15, -0.1) is 11.3 Å². The number of rotatable bonds is 6. The average molecular weight is 423 g/mol. The minimum Gasteiger partial charge on any atom is -0.497 e. The molecule has 1 atom stereocenters. The first-order valence-electron chi connectivity index (χ1n) is 9.42. The number of nitrogens with one attached hydrogen (secondary N) is 2. The van der Waals surface area contributed by atoms with Gasteiger partial charge in [-0.25, -0.2) is 4.79 Å². The highest BCUT2D eigenvalue weighted by Gasteiger charge is 2.49. The van der Waals surface area contributed by atoms with Gasteiger partial charge in [-0.3, -0.25) is 14.5 Å². The number of ether oxygens (including phenoxy) is 1. The summed E-state index contributed by atoms with van der Waals surface area (Å²) in [6.45, 7) is 1.70. The van der Waals surface area contributed by atoms with Gasteiger partial charge in [-0.1, -0.05) is 24.3 Å². The smallest absolute Gasteiger partial charge is 0.325 e. The molecule has 1 saturated heterocycles. The van der Waals surface area contributed by atoms with E-state index in [1.807, 2.05) is 47.8 Å².